The maximum absolute atomic E-state index is 6.23. The molecule has 1 aromatic carbocycles. The second-order valence-corrected chi connectivity index (χ2v) is 8.67. The first-order valence-corrected chi connectivity index (χ1v) is 8.59. The second-order valence-electron chi connectivity index (χ2n) is 8.24. The normalized spacial score (nSPS) is 12.1. The second kappa shape index (κ2) is 9.17. The van der Waals surface area contributed by atoms with Crippen molar-refractivity contribution in [2.75, 3.05) is 7.11 Å². The molecule has 1 N–H and O–H groups in total. The van der Waals surface area contributed by atoms with E-state index in [0.29, 0.717) is 17.3 Å². The third-order valence-corrected chi connectivity index (χ3v) is 3.62. The molecule has 0 unspecified atom stereocenters. The van der Waals surface area contributed by atoms with E-state index in [9.17, 15) is 0 Å². The predicted octanol–water partition coefficient (Wildman–Crippen LogP) is 5.86. The van der Waals surface area contributed by atoms with Crippen LogP contribution in [0, 0.1) is 5.41 Å². The Balaban J connectivity index is 0.00000529. The van der Waals surface area contributed by atoms with Crippen molar-refractivity contribution < 1.29 is 9.47 Å². The van der Waals surface area contributed by atoms with Gasteiger partial charge < -0.3 is 14.8 Å². The zero-order valence-electron chi connectivity index (χ0n) is 16.2. The molecule has 0 fully saturated rings. The van der Waals surface area contributed by atoms with Gasteiger partial charge in [-0.1, -0.05) is 32.4 Å². The summed E-state index contributed by atoms with van der Waals surface area (Å²) >= 11 is 6.23. The third kappa shape index (κ3) is 7.96. The number of rotatable bonds is 7. The third-order valence-electron chi connectivity index (χ3n) is 3.40. The molecule has 0 aliphatic carbocycles. The summed E-state index contributed by atoms with van der Waals surface area (Å²) in [5.41, 5.74) is 1.30. The lowest BCUT2D eigenvalue weighted by atomic mass is 9.81. The van der Waals surface area contributed by atoms with Gasteiger partial charge in [-0.2, -0.15) is 0 Å². The Kier molecular flexibility index (Phi) is 8.92. The maximum atomic E-state index is 6.23. The molecule has 140 valence electrons. The molecule has 0 spiro atoms. The minimum atomic E-state index is 0. The first-order chi connectivity index (χ1) is 10.4. The molecular formula is C19H33Cl2NO2. The highest BCUT2D eigenvalue weighted by molar-refractivity contribution is 6.30. The molecule has 3 nitrogen and oxygen atoms in total. The lowest BCUT2D eigenvalue weighted by Gasteiger charge is -2.34. The van der Waals surface area contributed by atoms with Crippen LogP contribution >= 0.6 is 24.0 Å². The zero-order valence-corrected chi connectivity index (χ0v) is 17.8. The Morgan fingerprint density at radius 2 is 1.71 bits per heavy atom. The quantitative estimate of drug-likeness (QED) is 0.644. The van der Waals surface area contributed by atoms with Gasteiger partial charge in [0.15, 0.2) is 11.5 Å². The van der Waals surface area contributed by atoms with Crippen molar-refractivity contribution >= 4 is 24.0 Å². The van der Waals surface area contributed by atoms with Gasteiger partial charge in [-0.3, -0.25) is 0 Å². The van der Waals surface area contributed by atoms with Gasteiger partial charge >= 0.3 is 0 Å². The molecule has 0 aliphatic rings. The first kappa shape index (κ1) is 23.4. The van der Waals surface area contributed by atoms with E-state index >= 15 is 0 Å². The van der Waals surface area contributed by atoms with E-state index in [1.807, 2.05) is 19.9 Å². The van der Waals surface area contributed by atoms with Crippen LogP contribution in [-0.2, 0) is 6.54 Å². The van der Waals surface area contributed by atoms with Crippen LogP contribution in [0.4, 0.5) is 0 Å². The molecular weight excluding hydrogens is 345 g/mol. The van der Waals surface area contributed by atoms with Crippen LogP contribution < -0.4 is 14.8 Å². The lowest BCUT2D eigenvalue weighted by molar-refractivity contribution is 0.221. The lowest BCUT2D eigenvalue weighted by Crippen LogP contribution is -2.41. The molecule has 1 rings (SSSR count). The van der Waals surface area contributed by atoms with Crippen LogP contribution in [0.2, 0.25) is 5.02 Å². The molecule has 0 bridgehead atoms. The highest BCUT2D eigenvalue weighted by Gasteiger charge is 2.25. The highest BCUT2D eigenvalue weighted by atomic mass is 35.5. The fourth-order valence-corrected chi connectivity index (χ4v) is 3.23. The maximum Gasteiger partial charge on any atom is 0.166 e. The summed E-state index contributed by atoms with van der Waals surface area (Å²) in [5.74, 6) is 1.45. The predicted molar refractivity (Wildman–Crippen MR) is 106 cm³/mol. The Bertz CT molecular complexity index is 523. The number of ether oxygens (including phenoxy) is 2. The van der Waals surface area contributed by atoms with Gasteiger partial charge in [0.05, 0.1) is 13.2 Å². The van der Waals surface area contributed by atoms with Crippen LogP contribution in [0.1, 0.15) is 60.5 Å². The van der Waals surface area contributed by atoms with Gasteiger partial charge in [0.25, 0.3) is 0 Å². The van der Waals surface area contributed by atoms with Crippen LogP contribution in [0.15, 0.2) is 12.1 Å². The molecule has 0 radical (unpaired) electrons. The van der Waals surface area contributed by atoms with Crippen LogP contribution in [0.3, 0.4) is 0 Å². The molecule has 0 aliphatic heterocycles. The van der Waals surface area contributed by atoms with Crippen LogP contribution in [0.25, 0.3) is 0 Å². The van der Waals surface area contributed by atoms with E-state index in [2.05, 4.69) is 39.9 Å². The van der Waals surface area contributed by atoms with Crippen LogP contribution in [0.5, 0.6) is 11.5 Å². The average molecular weight is 378 g/mol. The van der Waals surface area contributed by atoms with E-state index < -0.39 is 0 Å². The molecule has 1 aromatic rings. The molecule has 0 atom stereocenters. The topological polar surface area (TPSA) is 30.5 Å². The SMILES string of the molecule is COc1cc(Cl)cc(CNC(C)(C)CC(C)(C)C)c1OC(C)C.Cl. The van der Waals surface area contributed by atoms with E-state index in [-0.39, 0.29) is 29.5 Å². The van der Waals surface area contributed by atoms with Crippen molar-refractivity contribution in [3.05, 3.63) is 22.7 Å². The Labute approximate surface area is 158 Å². The van der Waals surface area contributed by atoms with Gasteiger partial charge in [0.1, 0.15) is 0 Å². The molecule has 0 saturated heterocycles. The molecule has 0 heterocycles. The summed E-state index contributed by atoms with van der Waals surface area (Å²) in [6.07, 6.45) is 1.14. The fraction of sp³-hybridized carbons (Fsp3) is 0.684. The summed E-state index contributed by atoms with van der Waals surface area (Å²) in [5, 5.41) is 4.29. The number of benzene rings is 1. The van der Waals surface area contributed by atoms with Crippen molar-refractivity contribution in [2.24, 2.45) is 5.41 Å². The van der Waals surface area contributed by atoms with E-state index in [1.54, 1.807) is 13.2 Å². The Morgan fingerprint density at radius 3 is 2.17 bits per heavy atom. The number of hydrogen-bond donors (Lipinski definition) is 1. The van der Waals surface area contributed by atoms with Crippen molar-refractivity contribution in [2.45, 2.75) is 73.1 Å². The minimum absolute atomic E-state index is 0. The monoisotopic (exact) mass is 377 g/mol. The molecule has 24 heavy (non-hydrogen) atoms. The summed E-state index contributed by atoms with van der Waals surface area (Å²) in [4.78, 5) is 0. The van der Waals surface area contributed by atoms with Crippen molar-refractivity contribution in [3.8, 4) is 11.5 Å². The zero-order chi connectivity index (χ0) is 17.8. The van der Waals surface area contributed by atoms with Gasteiger partial charge in [0.2, 0.25) is 0 Å². The summed E-state index contributed by atoms with van der Waals surface area (Å²) in [7, 11) is 1.64. The Morgan fingerprint density at radius 1 is 1.12 bits per heavy atom. The number of nitrogens with one attached hydrogen (secondary N) is 1. The van der Waals surface area contributed by atoms with Gasteiger partial charge in [0, 0.05) is 28.7 Å². The van der Waals surface area contributed by atoms with Crippen LogP contribution in [-0.4, -0.2) is 18.8 Å². The standard InChI is InChI=1S/C19H32ClNO2.ClH/c1-13(2)23-17-14(9-15(20)10-16(17)22-8)11-21-19(6,7)12-18(3,4)5;/h9-10,13,21H,11-12H2,1-8H3;1H. The largest absolute Gasteiger partial charge is 0.493 e. The number of halogens is 2. The number of methoxy groups -OCH3 is 1. The van der Waals surface area contributed by atoms with E-state index in [0.717, 1.165) is 17.7 Å². The van der Waals surface area contributed by atoms with Gasteiger partial charge in [-0.05, 0) is 45.6 Å². The fourth-order valence-electron chi connectivity index (χ4n) is 3.00. The molecule has 0 saturated carbocycles. The molecule has 0 amide bonds. The smallest absolute Gasteiger partial charge is 0.166 e. The summed E-state index contributed by atoms with van der Waals surface area (Å²) in [6.45, 7) is 15.9. The van der Waals surface area contributed by atoms with E-state index in [1.165, 1.54) is 0 Å². The average Bonchev–Trinajstić information content (AvgIpc) is 2.35. The highest BCUT2D eigenvalue weighted by Crippen LogP contribution is 2.36. The van der Waals surface area contributed by atoms with E-state index in [4.69, 9.17) is 21.1 Å². The Hall–Kier alpha value is -0.640. The van der Waals surface area contributed by atoms with Gasteiger partial charge in [-0.15, -0.1) is 12.4 Å². The number of hydrogen-bond acceptors (Lipinski definition) is 3. The molecule has 5 heteroatoms. The summed E-state index contributed by atoms with van der Waals surface area (Å²) < 4.78 is 11.4. The van der Waals surface area contributed by atoms with Gasteiger partial charge in [-0.25, -0.2) is 0 Å². The summed E-state index contributed by atoms with van der Waals surface area (Å²) in [6, 6.07) is 3.74. The van der Waals surface area contributed by atoms with Crippen molar-refractivity contribution in [1.82, 2.24) is 5.32 Å². The minimum Gasteiger partial charge on any atom is -0.493 e. The first-order valence-electron chi connectivity index (χ1n) is 8.21. The van der Waals surface area contributed by atoms with Crippen molar-refractivity contribution in [3.63, 3.8) is 0 Å². The molecule has 0 aromatic heterocycles. The van der Waals surface area contributed by atoms with Crippen molar-refractivity contribution in [1.29, 1.82) is 0 Å².